The largest absolute Gasteiger partial charge is 0.394 e. The third kappa shape index (κ3) is 2.83. The molecule has 1 aliphatic rings. The van der Waals surface area contributed by atoms with Gasteiger partial charge in [-0.25, -0.2) is 9.97 Å². The second-order valence-electron chi connectivity index (χ2n) is 4.43. The van der Waals surface area contributed by atoms with Gasteiger partial charge in [0.25, 0.3) is 0 Å². The normalized spacial score (nSPS) is 16.9. The molecule has 1 saturated carbocycles. The van der Waals surface area contributed by atoms with Crippen molar-refractivity contribution in [3.8, 4) is 0 Å². The zero-order chi connectivity index (χ0) is 12.4. The molecule has 0 aromatic carbocycles. The first-order valence-corrected chi connectivity index (χ1v) is 5.78. The van der Waals surface area contributed by atoms with E-state index in [1.807, 2.05) is 6.92 Å². The minimum Gasteiger partial charge on any atom is -0.394 e. The first kappa shape index (κ1) is 12.1. The number of hydrogen-bond acceptors (Lipinski definition) is 6. The Labute approximate surface area is 99.9 Å². The Balaban J connectivity index is 2.13. The van der Waals surface area contributed by atoms with Crippen molar-refractivity contribution in [3.05, 3.63) is 11.4 Å². The predicted molar refractivity (Wildman–Crippen MR) is 64.7 cm³/mol. The Bertz CT molecular complexity index is 407. The van der Waals surface area contributed by atoms with Crippen molar-refractivity contribution < 1.29 is 10.2 Å². The van der Waals surface area contributed by atoms with Crippen molar-refractivity contribution in [1.29, 1.82) is 0 Å². The van der Waals surface area contributed by atoms with E-state index in [2.05, 4.69) is 15.3 Å². The molecule has 1 aliphatic carbocycles. The number of aliphatic hydroxyl groups excluding tert-OH is 2. The predicted octanol–water partition coefficient (Wildman–Crippen LogP) is 0.00972. The molecule has 17 heavy (non-hydrogen) atoms. The van der Waals surface area contributed by atoms with Gasteiger partial charge in [0.15, 0.2) is 0 Å². The molecule has 1 atom stereocenters. The van der Waals surface area contributed by atoms with E-state index >= 15 is 0 Å². The van der Waals surface area contributed by atoms with Crippen molar-refractivity contribution in [2.75, 3.05) is 24.2 Å². The summed E-state index contributed by atoms with van der Waals surface area (Å²) in [5.41, 5.74) is 6.60. The highest BCUT2D eigenvalue weighted by Gasteiger charge is 2.27. The van der Waals surface area contributed by atoms with Crippen LogP contribution in [0.25, 0.3) is 0 Å². The van der Waals surface area contributed by atoms with E-state index in [1.54, 1.807) is 0 Å². The first-order chi connectivity index (χ1) is 8.11. The Hall–Kier alpha value is -1.40. The van der Waals surface area contributed by atoms with Gasteiger partial charge in [0.05, 0.1) is 12.7 Å². The highest BCUT2D eigenvalue weighted by Crippen LogP contribution is 2.39. The van der Waals surface area contributed by atoms with E-state index < -0.39 is 6.10 Å². The summed E-state index contributed by atoms with van der Waals surface area (Å²) in [6.45, 7) is 1.81. The van der Waals surface area contributed by atoms with Gasteiger partial charge in [-0.1, -0.05) is 0 Å². The lowest BCUT2D eigenvalue weighted by molar-refractivity contribution is 0.105. The van der Waals surface area contributed by atoms with Gasteiger partial charge in [-0.2, -0.15) is 0 Å². The molecule has 0 aliphatic heterocycles. The molecule has 1 aromatic heterocycles. The second-order valence-corrected chi connectivity index (χ2v) is 4.43. The average Bonchev–Trinajstić information content (AvgIpc) is 3.14. The van der Waals surface area contributed by atoms with Crippen LogP contribution in [0.1, 0.15) is 30.1 Å². The molecule has 1 fully saturated rings. The molecular weight excluding hydrogens is 220 g/mol. The van der Waals surface area contributed by atoms with Crippen LogP contribution in [0, 0.1) is 6.92 Å². The summed E-state index contributed by atoms with van der Waals surface area (Å²) in [7, 11) is 0. The molecule has 94 valence electrons. The van der Waals surface area contributed by atoms with Crippen LogP contribution in [-0.4, -0.2) is 39.4 Å². The summed E-state index contributed by atoms with van der Waals surface area (Å²) in [5.74, 6) is 2.32. The minimum absolute atomic E-state index is 0.248. The summed E-state index contributed by atoms with van der Waals surface area (Å²) in [4.78, 5) is 8.66. The Morgan fingerprint density at radius 2 is 2.18 bits per heavy atom. The molecule has 0 amide bonds. The van der Waals surface area contributed by atoms with Crippen LogP contribution in [0.5, 0.6) is 0 Å². The molecular formula is C11H18N4O2. The summed E-state index contributed by atoms with van der Waals surface area (Å²) >= 11 is 0. The van der Waals surface area contributed by atoms with E-state index in [0.717, 1.165) is 24.2 Å². The SMILES string of the molecule is Cc1c(N)nc(C2CC2)nc1NCC(O)CO. The first-order valence-electron chi connectivity index (χ1n) is 5.78. The van der Waals surface area contributed by atoms with Crippen molar-refractivity contribution in [3.63, 3.8) is 0 Å². The number of nitrogens with two attached hydrogens (primary N) is 1. The number of anilines is 2. The van der Waals surface area contributed by atoms with Gasteiger partial charge >= 0.3 is 0 Å². The maximum absolute atomic E-state index is 9.28. The van der Waals surface area contributed by atoms with Crippen molar-refractivity contribution in [1.82, 2.24) is 9.97 Å². The zero-order valence-corrected chi connectivity index (χ0v) is 9.85. The fourth-order valence-electron chi connectivity index (χ4n) is 1.53. The van der Waals surface area contributed by atoms with Gasteiger partial charge < -0.3 is 21.3 Å². The summed E-state index contributed by atoms with van der Waals surface area (Å²) in [6, 6.07) is 0. The van der Waals surface area contributed by atoms with E-state index in [0.29, 0.717) is 17.6 Å². The molecule has 0 saturated heterocycles. The number of nitrogen functional groups attached to an aromatic ring is 1. The summed E-state index contributed by atoms with van der Waals surface area (Å²) < 4.78 is 0. The standard InChI is InChI=1S/C11H18N4O2/c1-6-9(12)14-11(7-2-3-7)15-10(6)13-4-8(17)5-16/h7-8,16-17H,2-5H2,1H3,(H3,12,13,14,15). The molecule has 2 rings (SSSR count). The molecule has 6 heteroatoms. The van der Waals surface area contributed by atoms with Crippen LogP contribution in [-0.2, 0) is 0 Å². The lowest BCUT2D eigenvalue weighted by Gasteiger charge is -2.13. The van der Waals surface area contributed by atoms with E-state index in [4.69, 9.17) is 10.8 Å². The number of aromatic nitrogens is 2. The average molecular weight is 238 g/mol. The van der Waals surface area contributed by atoms with Gasteiger partial charge in [0, 0.05) is 18.0 Å². The summed E-state index contributed by atoms with van der Waals surface area (Å²) in [6.07, 6.45) is 1.43. The number of nitrogens with zero attached hydrogens (tertiary/aromatic N) is 2. The maximum atomic E-state index is 9.28. The monoisotopic (exact) mass is 238 g/mol. The van der Waals surface area contributed by atoms with Crippen molar-refractivity contribution in [2.24, 2.45) is 0 Å². The number of aliphatic hydroxyl groups is 2. The quantitative estimate of drug-likeness (QED) is 0.576. The molecule has 6 nitrogen and oxygen atoms in total. The molecule has 0 spiro atoms. The van der Waals surface area contributed by atoms with Gasteiger partial charge in [-0.3, -0.25) is 0 Å². The van der Waals surface area contributed by atoms with Crippen molar-refractivity contribution in [2.45, 2.75) is 31.8 Å². The molecule has 0 bridgehead atoms. The fourth-order valence-corrected chi connectivity index (χ4v) is 1.53. The topological polar surface area (TPSA) is 104 Å². The van der Waals surface area contributed by atoms with Crippen LogP contribution in [0.15, 0.2) is 0 Å². The van der Waals surface area contributed by atoms with E-state index in [1.165, 1.54) is 0 Å². The molecule has 0 radical (unpaired) electrons. The molecule has 1 heterocycles. The van der Waals surface area contributed by atoms with Crippen LogP contribution >= 0.6 is 0 Å². The van der Waals surface area contributed by atoms with Crippen LogP contribution < -0.4 is 11.1 Å². The fraction of sp³-hybridized carbons (Fsp3) is 0.636. The van der Waals surface area contributed by atoms with Crippen LogP contribution in [0.4, 0.5) is 11.6 Å². The van der Waals surface area contributed by atoms with Crippen molar-refractivity contribution >= 4 is 11.6 Å². The Morgan fingerprint density at radius 1 is 1.47 bits per heavy atom. The zero-order valence-electron chi connectivity index (χ0n) is 9.85. The van der Waals surface area contributed by atoms with Gasteiger partial charge in [0.1, 0.15) is 17.5 Å². The third-order valence-corrected chi connectivity index (χ3v) is 2.86. The second kappa shape index (κ2) is 4.85. The summed E-state index contributed by atoms with van der Waals surface area (Å²) in [5, 5.41) is 21.0. The molecule has 1 aromatic rings. The Morgan fingerprint density at radius 3 is 2.76 bits per heavy atom. The smallest absolute Gasteiger partial charge is 0.136 e. The third-order valence-electron chi connectivity index (χ3n) is 2.86. The lowest BCUT2D eigenvalue weighted by atomic mass is 10.2. The Kier molecular flexibility index (Phi) is 3.44. The van der Waals surface area contributed by atoms with E-state index in [9.17, 15) is 5.11 Å². The number of hydrogen-bond donors (Lipinski definition) is 4. The minimum atomic E-state index is -0.796. The number of nitrogens with one attached hydrogen (secondary N) is 1. The maximum Gasteiger partial charge on any atom is 0.136 e. The lowest BCUT2D eigenvalue weighted by Crippen LogP contribution is -2.24. The van der Waals surface area contributed by atoms with E-state index in [-0.39, 0.29) is 13.2 Å². The highest BCUT2D eigenvalue weighted by atomic mass is 16.3. The van der Waals surface area contributed by atoms with Crippen LogP contribution in [0.2, 0.25) is 0 Å². The highest BCUT2D eigenvalue weighted by molar-refractivity contribution is 5.55. The number of rotatable bonds is 5. The molecule has 1 unspecified atom stereocenters. The van der Waals surface area contributed by atoms with Gasteiger partial charge in [-0.15, -0.1) is 0 Å². The van der Waals surface area contributed by atoms with Crippen LogP contribution in [0.3, 0.4) is 0 Å². The van der Waals surface area contributed by atoms with Gasteiger partial charge in [0.2, 0.25) is 0 Å². The van der Waals surface area contributed by atoms with Gasteiger partial charge in [-0.05, 0) is 19.8 Å². The molecule has 5 N–H and O–H groups in total.